The monoisotopic (exact) mass is 514 g/mol. The van der Waals surface area contributed by atoms with Crippen LogP contribution < -0.4 is 8.92 Å². The second-order valence-corrected chi connectivity index (χ2v) is 10.9. The van der Waals surface area contributed by atoms with Gasteiger partial charge in [0.15, 0.2) is 0 Å². The molecular weight excluding hydrogens is 486 g/mol. The summed E-state index contributed by atoms with van der Waals surface area (Å²) >= 11 is 0.681. The molecule has 0 saturated carbocycles. The molecule has 28 heavy (non-hydrogen) atoms. The molecule has 0 spiro atoms. The Labute approximate surface area is 179 Å². The molecule has 0 N–H and O–H groups in total. The predicted octanol–water partition coefficient (Wildman–Crippen LogP) is 2.53. The van der Waals surface area contributed by atoms with Crippen LogP contribution in [0.2, 0.25) is 10.6 Å². The van der Waals surface area contributed by atoms with Crippen LogP contribution in [-0.4, -0.2) is 55.1 Å². The summed E-state index contributed by atoms with van der Waals surface area (Å²) in [6.07, 6.45) is 2.04. The zero-order chi connectivity index (χ0) is 19.9. The summed E-state index contributed by atoms with van der Waals surface area (Å²) in [5, 5.41) is 1.78. The zero-order valence-corrected chi connectivity index (χ0v) is 19.3. The van der Waals surface area contributed by atoms with Gasteiger partial charge in [-0.25, -0.2) is 0 Å². The molecule has 6 heteroatoms. The maximum absolute atomic E-state index is 11.7. The first kappa shape index (κ1) is 22.7. The Morgan fingerprint density at radius 3 is 1.43 bits per heavy atom. The minimum absolute atomic E-state index is 0.178. The van der Waals surface area contributed by atoms with Crippen LogP contribution in [-0.2, 0) is 19.1 Å². The third-order valence-electron chi connectivity index (χ3n) is 3.73. The molecule has 2 aromatic carbocycles. The summed E-state index contributed by atoms with van der Waals surface area (Å²) in [4.78, 5) is 23.4. The van der Waals surface area contributed by atoms with Gasteiger partial charge in [-0.15, -0.1) is 0 Å². The molecule has 2 aromatic rings. The summed E-state index contributed by atoms with van der Waals surface area (Å²) in [6.45, 7) is 0.942. The van der Waals surface area contributed by atoms with Crippen LogP contribution in [0.15, 0.2) is 60.7 Å². The van der Waals surface area contributed by atoms with Gasteiger partial charge in [-0.2, -0.15) is 0 Å². The van der Waals surface area contributed by atoms with Crippen molar-refractivity contribution in [1.29, 1.82) is 0 Å². The van der Waals surface area contributed by atoms with E-state index in [0.717, 1.165) is 10.6 Å². The Hall–Kier alpha value is -1.58. The third-order valence-corrected chi connectivity index (χ3v) is 7.83. The van der Waals surface area contributed by atoms with Crippen LogP contribution in [0.5, 0.6) is 0 Å². The summed E-state index contributed by atoms with van der Waals surface area (Å²) in [7, 11) is 0. The molecule has 0 radical (unpaired) electrons. The van der Waals surface area contributed by atoms with Gasteiger partial charge >= 0.3 is 180 Å². The van der Waals surface area contributed by atoms with E-state index in [4.69, 9.17) is 9.47 Å². The number of hydrogen-bond acceptors (Lipinski definition) is 4. The van der Waals surface area contributed by atoms with E-state index in [9.17, 15) is 9.59 Å². The van der Waals surface area contributed by atoms with E-state index in [-0.39, 0.29) is 11.9 Å². The molecule has 150 valence electrons. The van der Waals surface area contributed by atoms with Crippen molar-refractivity contribution in [2.75, 3.05) is 13.2 Å². The fraction of sp³-hybridized carbons (Fsp3) is 0.364. The van der Waals surface area contributed by atoms with Crippen molar-refractivity contribution < 1.29 is 19.1 Å². The van der Waals surface area contributed by atoms with Gasteiger partial charge in [0.2, 0.25) is 0 Å². The van der Waals surface area contributed by atoms with E-state index < -0.39 is 0 Å². The van der Waals surface area contributed by atoms with Crippen LogP contribution in [0.3, 0.4) is 0 Å². The van der Waals surface area contributed by atoms with Crippen molar-refractivity contribution in [2.24, 2.45) is 0 Å². The molecule has 2 rings (SSSR count). The second-order valence-electron chi connectivity index (χ2n) is 5.97. The van der Waals surface area contributed by atoms with Gasteiger partial charge < -0.3 is 0 Å². The molecule has 0 fully saturated rings. The van der Waals surface area contributed by atoms with Crippen LogP contribution in [0.1, 0.15) is 25.7 Å². The summed E-state index contributed by atoms with van der Waals surface area (Å²) in [5.74, 6) is -0.356. The van der Waals surface area contributed by atoms with Gasteiger partial charge in [0.1, 0.15) is 0 Å². The Morgan fingerprint density at radius 2 is 1.04 bits per heavy atom. The van der Waals surface area contributed by atoms with E-state index in [0.29, 0.717) is 68.8 Å². The van der Waals surface area contributed by atoms with Gasteiger partial charge in [0.05, 0.1) is 0 Å². The molecule has 0 amide bonds. The van der Waals surface area contributed by atoms with Crippen molar-refractivity contribution in [3.8, 4) is 0 Å². The predicted molar refractivity (Wildman–Crippen MR) is 114 cm³/mol. The first-order chi connectivity index (χ1) is 13.7. The van der Waals surface area contributed by atoms with E-state index in [2.05, 4.69) is 24.3 Å². The van der Waals surface area contributed by atoms with Crippen molar-refractivity contribution >= 4 is 50.8 Å². The molecule has 0 unspecified atom stereocenters. The van der Waals surface area contributed by atoms with Crippen LogP contribution in [0, 0.1) is 0 Å². The first-order valence-electron chi connectivity index (χ1n) is 9.41. The van der Waals surface area contributed by atoms with E-state index in [1.807, 2.05) is 36.4 Å². The number of ether oxygens (including phenoxy) is 2. The number of benzene rings is 2. The molecule has 4 nitrogen and oxygen atoms in total. The van der Waals surface area contributed by atoms with Crippen LogP contribution >= 0.6 is 0 Å². The van der Waals surface area contributed by atoms with Gasteiger partial charge in [0.25, 0.3) is 0 Å². The normalized spacial score (nSPS) is 10.4. The Balaban J connectivity index is 1.41. The molecule has 0 bridgehead atoms. The number of rotatable bonds is 13. The van der Waals surface area contributed by atoms with Crippen molar-refractivity contribution in [3.63, 3.8) is 0 Å². The summed E-state index contributed by atoms with van der Waals surface area (Å²) < 4.78 is 13.1. The maximum atomic E-state index is 11.7. The van der Waals surface area contributed by atoms with Crippen LogP contribution in [0.4, 0.5) is 0 Å². The Bertz CT molecular complexity index is 631. The quantitative estimate of drug-likeness (QED) is 0.235. The molecule has 0 aliphatic rings. The number of hydrogen-bond donors (Lipinski definition) is 0. The number of unbranched alkanes of at least 4 members (excludes halogenated alkanes) is 1. The summed E-state index contributed by atoms with van der Waals surface area (Å²) in [6, 6.07) is 20.5. The number of carbonyl (C=O) groups is 2. The van der Waals surface area contributed by atoms with Crippen molar-refractivity contribution in [1.82, 2.24) is 0 Å². The van der Waals surface area contributed by atoms with E-state index in [1.165, 1.54) is 8.92 Å². The Morgan fingerprint density at radius 1 is 0.643 bits per heavy atom. The fourth-order valence-corrected chi connectivity index (χ4v) is 5.50. The van der Waals surface area contributed by atoms with Gasteiger partial charge in [0, 0.05) is 0 Å². The standard InChI is InChI=1S/C22H26O4Se2/c23-21(25-15-17-27-19-9-3-1-4-10-19)13-7-8-14-22(24)26-16-18-28-20-11-5-2-6-12-20/h1-6,9-12H,7-8,13-18H2. The van der Waals surface area contributed by atoms with Crippen molar-refractivity contribution in [3.05, 3.63) is 60.7 Å². The minimum atomic E-state index is -0.178. The molecule has 0 aliphatic heterocycles. The van der Waals surface area contributed by atoms with Gasteiger partial charge in [-0.05, 0) is 0 Å². The molecule has 0 aliphatic carbocycles. The average molecular weight is 512 g/mol. The van der Waals surface area contributed by atoms with E-state index >= 15 is 0 Å². The van der Waals surface area contributed by atoms with E-state index in [1.54, 1.807) is 0 Å². The molecule has 0 aromatic heterocycles. The van der Waals surface area contributed by atoms with Gasteiger partial charge in [-0.3, -0.25) is 0 Å². The third kappa shape index (κ3) is 10.7. The first-order valence-corrected chi connectivity index (χ1v) is 13.5. The average Bonchev–Trinajstić information content (AvgIpc) is 2.73. The molecular formula is C22H26O4Se2. The van der Waals surface area contributed by atoms with Crippen molar-refractivity contribution in [2.45, 2.75) is 36.3 Å². The molecule has 0 heterocycles. The van der Waals surface area contributed by atoms with Crippen LogP contribution in [0.25, 0.3) is 0 Å². The fourth-order valence-electron chi connectivity index (χ4n) is 2.35. The molecule has 0 saturated heterocycles. The molecule has 0 atom stereocenters. The number of carbonyl (C=O) groups excluding carboxylic acids is 2. The second kappa shape index (κ2) is 14.4. The van der Waals surface area contributed by atoms with Gasteiger partial charge in [-0.1, -0.05) is 0 Å². The number of esters is 2. The Kier molecular flexibility index (Phi) is 11.7. The summed E-state index contributed by atoms with van der Waals surface area (Å²) in [5.41, 5.74) is 0. The topological polar surface area (TPSA) is 52.6 Å². The zero-order valence-electron chi connectivity index (χ0n) is 15.9. The SMILES string of the molecule is O=C(CCCCC(=O)OCC[Se]c1ccccc1)OCC[Se]c1ccccc1.